The molecule has 0 saturated carbocycles. The van der Waals surface area contributed by atoms with Gasteiger partial charge in [-0.25, -0.2) is 0 Å². The van der Waals surface area contributed by atoms with Crippen molar-refractivity contribution in [2.45, 2.75) is 18.9 Å². The van der Waals surface area contributed by atoms with Crippen LogP contribution in [-0.2, 0) is 6.42 Å². The highest BCUT2D eigenvalue weighted by Crippen LogP contribution is 2.23. The van der Waals surface area contributed by atoms with E-state index < -0.39 is 5.60 Å². The molecule has 1 aromatic heterocycles. The molecular formula is C16H17N3O2. The Morgan fingerprint density at radius 2 is 1.95 bits per heavy atom. The van der Waals surface area contributed by atoms with Crippen LogP contribution in [0.2, 0.25) is 0 Å². The van der Waals surface area contributed by atoms with Crippen molar-refractivity contribution in [2.75, 3.05) is 6.54 Å². The van der Waals surface area contributed by atoms with Gasteiger partial charge in [0.1, 0.15) is 0 Å². The first-order valence-corrected chi connectivity index (χ1v) is 6.82. The van der Waals surface area contributed by atoms with Gasteiger partial charge in [-0.3, -0.25) is 0 Å². The minimum absolute atomic E-state index is 0.140. The zero-order valence-corrected chi connectivity index (χ0v) is 11.8. The highest BCUT2D eigenvalue weighted by molar-refractivity contribution is 5.86. The Kier molecular flexibility index (Phi) is 3.45. The van der Waals surface area contributed by atoms with E-state index in [4.69, 9.17) is 10.3 Å². The molecule has 1 heterocycles. The highest BCUT2D eigenvalue weighted by atomic mass is 16.5. The molecule has 0 bridgehead atoms. The van der Waals surface area contributed by atoms with Gasteiger partial charge in [0.2, 0.25) is 11.7 Å². The number of aliphatic hydroxyl groups is 1. The van der Waals surface area contributed by atoms with Crippen molar-refractivity contribution in [3.63, 3.8) is 0 Å². The van der Waals surface area contributed by atoms with Gasteiger partial charge in [0.15, 0.2) is 0 Å². The van der Waals surface area contributed by atoms with E-state index in [-0.39, 0.29) is 13.0 Å². The van der Waals surface area contributed by atoms with E-state index in [1.54, 1.807) is 6.92 Å². The summed E-state index contributed by atoms with van der Waals surface area (Å²) < 4.78 is 5.19. The Morgan fingerprint density at radius 3 is 2.71 bits per heavy atom. The first-order chi connectivity index (χ1) is 10.1. The predicted octanol–water partition coefficient (Wildman–Crippen LogP) is 2.14. The van der Waals surface area contributed by atoms with Crippen LogP contribution in [0.5, 0.6) is 0 Å². The van der Waals surface area contributed by atoms with E-state index in [1.807, 2.05) is 36.4 Å². The maximum absolute atomic E-state index is 9.95. The van der Waals surface area contributed by atoms with Crippen molar-refractivity contribution in [1.82, 2.24) is 10.1 Å². The van der Waals surface area contributed by atoms with Gasteiger partial charge in [0.05, 0.1) is 12.0 Å². The van der Waals surface area contributed by atoms with E-state index in [2.05, 4.69) is 16.2 Å². The third-order valence-electron chi connectivity index (χ3n) is 3.45. The van der Waals surface area contributed by atoms with Crippen LogP contribution in [0, 0.1) is 0 Å². The Labute approximate surface area is 122 Å². The summed E-state index contributed by atoms with van der Waals surface area (Å²) in [4.78, 5) is 4.33. The lowest BCUT2D eigenvalue weighted by atomic mass is 10.0. The number of benzene rings is 2. The average molecular weight is 283 g/mol. The molecule has 0 amide bonds. The van der Waals surface area contributed by atoms with Crippen LogP contribution < -0.4 is 5.73 Å². The van der Waals surface area contributed by atoms with Gasteiger partial charge in [0.25, 0.3) is 0 Å². The Morgan fingerprint density at radius 1 is 1.19 bits per heavy atom. The normalized spacial score (nSPS) is 14.2. The lowest BCUT2D eigenvalue weighted by molar-refractivity contribution is 0.0610. The number of hydrogen-bond acceptors (Lipinski definition) is 5. The quantitative estimate of drug-likeness (QED) is 0.766. The lowest BCUT2D eigenvalue weighted by Crippen LogP contribution is -2.36. The molecule has 3 rings (SSSR count). The molecule has 1 unspecified atom stereocenters. The molecule has 2 aromatic carbocycles. The third kappa shape index (κ3) is 2.94. The summed E-state index contributed by atoms with van der Waals surface area (Å²) in [6.07, 6.45) is 0.240. The molecule has 0 aliphatic heterocycles. The van der Waals surface area contributed by atoms with Gasteiger partial charge in [-0.05, 0) is 23.8 Å². The van der Waals surface area contributed by atoms with Crippen molar-refractivity contribution >= 4 is 10.8 Å². The van der Waals surface area contributed by atoms with Crippen LogP contribution >= 0.6 is 0 Å². The fraction of sp³-hybridized carbons (Fsp3) is 0.250. The fourth-order valence-electron chi connectivity index (χ4n) is 2.17. The second-order valence-corrected chi connectivity index (χ2v) is 5.45. The van der Waals surface area contributed by atoms with Crippen LogP contribution in [0.3, 0.4) is 0 Å². The van der Waals surface area contributed by atoms with Gasteiger partial charge in [0, 0.05) is 12.1 Å². The standard InChI is InChI=1S/C16H17N3O2/c1-16(20,10-17)9-14-18-15(19-21-14)13-7-6-11-4-2-3-5-12(11)8-13/h2-8,20H,9-10,17H2,1H3. The van der Waals surface area contributed by atoms with Crippen molar-refractivity contribution < 1.29 is 9.63 Å². The molecule has 3 aromatic rings. The number of rotatable bonds is 4. The largest absolute Gasteiger partial charge is 0.388 e. The predicted molar refractivity (Wildman–Crippen MR) is 80.6 cm³/mol. The number of hydrogen-bond donors (Lipinski definition) is 2. The number of fused-ring (bicyclic) bond motifs is 1. The summed E-state index contributed by atoms with van der Waals surface area (Å²) in [6, 6.07) is 14.1. The molecule has 0 aliphatic rings. The van der Waals surface area contributed by atoms with Gasteiger partial charge in [-0.15, -0.1) is 0 Å². The monoisotopic (exact) mass is 283 g/mol. The van der Waals surface area contributed by atoms with Crippen LogP contribution in [0.1, 0.15) is 12.8 Å². The first kappa shape index (κ1) is 13.7. The first-order valence-electron chi connectivity index (χ1n) is 6.82. The summed E-state index contributed by atoms with van der Waals surface area (Å²) in [7, 11) is 0. The van der Waals surface area contributed by atoms with E-state index in [9.17, 15) is 5.11 Å². The SMILES string of the molecule is CC(O)(CN)Cc1nc(-c2ccc3ccccc3c2)no1. The molecule has 5 nitrogen and oxygen atoms in total. The minimum atomic E-state index is -1.03. The smallest absolute Gasteiger partial charge is 0.229 e. The summed E-state index contributed by atoms with van der Waals surface area (Å²) in [5.74, 6) is 0.900. The molecule has 3 N–H and O–H groups in total. The minimum Gasteiger partial charge on any atom is -0.388 e. The number of nitrogens with zero attached hydrogens (tertiary/aromatic N) is 2. The highest BCUT2D eigenvalue weighted by Gasteiger charge is 2.22. The van der Waals surface area contributed by atoms with Crippen LogP contribution in [0.15, 0.2) is 47.0 Å². The molecule has 0 spiro atoms. The molecule has 108 valence electrons. The third-order valence-corrected chi connectivity index (χ3v) is 3.45. The van der Waals surface area contributed by atoms with E-state index in [0.717, 1.165) is 16.3 Å². The Bertz CT molecular complexity index is 765. The van der Waals surface area contributed by atoms with E-state index in [1.165, 1.54) is 0 Å². The molecule has 0 fully saturated rings. The summed E-state index contributed by atoms with van der Waals surface area (Å²) in [6.45, 7) is 1.79. The van der Waals surface area contributed by atoms with Crippen molar-refractivity contribution in [3.8, 4) is 11.4 Å². The summed E-state index contributed by atoms with van der Waals surface area (Å²) >= 11 is 0. The summed E-state index contributed by atoms with van der Waals surface area (Å²) in [5.41, 5.74) is 5.35. The molecule has 5 heteroatoms. The maximum Gasteiger partial charge on any atom is 0.229 e. The second kappa shape index (κ2) is 5.27. The zero-order chi connectivity index (χ0) is 14.9. The van der Waals surface area contributed by atoms with Gasteiger partial charge < -0.3 is 15.4 Å². The molecule has 0 radical (unpaired) electrons. The average Bonchev–Trinajstić information content (AvgIpc) is 2.94. The summed E-state index contributed by atoms with van der Waals surface area (Å²) in [5, 5.41) is 16.2. The van der Waals surface area contributed by atoms with Crippen LogP contribution in [0.4, 0.5) is 0 Å². The topological polar surface area (TPSA) is 85.2 Å². The van der Waals surface area contributed by atoms with Crippen molar-refractivity contribution in [1.29, 1.82) is 0 Å². The van der Waals surface area contributed by atoms with Gasteiger partial charge in [-0.2, -0.15) is 4.98 Å². The number of nitrogens with two attached hydrogens (primary N) is 1. The fourth-order valence-corrected chi connectivity index (χ4v) is 2.17. The Balaban J connectivity index is 1.91. The maximum atomic E-state index is 9.95. The van der Waals surface area contributed by atoms with Crippen molar-refractivity contribution in [2.24, 2.45) is 5.73 Å². The molecule has 0 aliphatic carbocycles. The van der Waals surface area contributed by atoms with E-state index in [0.29, 0.717) is 11.7 Å². The number of aromatic nitrogens is 2. The van der Waals surface area contributed by atoms with Crippen molar-refractivity contribution in [3.05, 3.63) is 48.4 Å². The molecular weight excluding hydrogens is 266 g/mol. The molecule has 1 atom stereocenters. The van der Waals surface area contributed by atoms with Crippen LogP contribution in [-0.4, -0.2) is 27.4 Å². The second-order valence-electron chi connectivity index (χ2n) is 5.45. The van der Waals surface area contributed by atoms with Gasteiger partial charge in [-0.1, -0.05) is 41.6 Å². The molecule has 0 saturated heterocycles. The Hall–Kier alpha value is -2.24. The lowest BCUT2D eigenvalue weighted by Gasteiger charge is -2.17. The zero-order valence-electron chi connectivity index (χ0n) is 11.8. The molecule has 21 heavy (non-hydrogen) atoms. The van der Waals surface area contributed by atoms with E-state index >= 15 is 0 Å². The van der Waals surface area contributed by atoms with Gasteiger partial charge >= 0.3 is 0 Å². The van der Waals surface area contributed by atoms with Crippen LogP contribution in [0.25, 0.3) is 22.2 Å².